The van der Waals surface area contributed by atoms with Crippen LogP contribution in [0.25, 0.3) is 0 Å². The maximum Gasteiger partial charge on any atom is 0.518 e. The van der Waals surface area contributed by atoms with Gasteiger partial charge in [0.15, 0.2) is 0 Å². The molecule has 0 radical (unpaired) electrons. The first-order valence-corrected chi connectivity index (χ1v) is 8.92. The molecular formula is C13H31NO3Si. The van der Waals surface area contributed by atoms with E-state index < -0.39 is 8.80 Å². The summed E-state index contributed by atoms with van der Waals surface area (Å²) in [6.45, 7) is 10.6. The Hall–Kier alpha value is 0.0569. The lowest BCUT2D eigenvalue weighted by Crippen LogP contribution is -2.60. The molecule has 1 unspecified atom stereocenters. The first-order valence-electron chi connectivity index (χ1n) is 7.12. The molecule has 1 atom stereocenters. The van der Waals surface area contributed by atoms with Crippen molar-refractivity contribution in [2.45, 2.75) is 52.6 Å². The van der Waals surface area contributed by atoms with E-state index in [2.05, 4.69) is 32.6 Å². The van der Waals surface area contributed by atoms with E-state index in [1.165, 1.54) is 0 Å². The van der Waals surface area contributed by atoms with Gasteiger partial charge in [0.1, 0.15) is 0 Å². The number of hydrogen-bond donors (Lipinski definition) is 0. The van der Waals surface area contributed by atoms with E-state index in [0.717, 1.165) is 19.3 Å². The normalized spacial score (nSPS) is 14.2. The van der Waals surface area contributed by atoms with Gasteiger partial charge in [-0.3, -0.25) is 0 Å². The lowest BCUT2D eigenvalue weighted by atomic mass is 10.5. The smallest absolute Gasteiger partial charge is 0.373 e. The van der Waals surface area contributed by atoms with Crippen LogP contribution in [0.4, 0.5) is 0 Å². The van der Waals surface area contributed by atoms with Crippen LogP contribution in [0.5, 0.6) is 0 Å². The third-order valence-corrected chi connectivity index (χ3v) is 6.17. The average molecular weight is 277 g/mol. The van der Waals surface area contributed by atoms with Crippen LogP contribution in [0.3, 0.4) is 0 Å². The van der Waals surface area contributed by atoms with Crippen molar-refractivity contribution in [3.8, 4) is 0 Å². The minimum absolute atomic E-state index is 0.183. The lowest BCUT2D eigenvalue weighted by molar-refractivity contribution is 0.0363. The lowest BCUT2D eigenvalue weighted by Gasteiger charge is -2.37. The molecule has 0 spiro atoms. The van der Waals surface area contributed by atoms with Gasteiger partial charge in [0, 0.05) is 19.8 Å². The summed E-state index contributed by atoms with van der Waals surface area (Å²) >= 11 is 0. The van der Waals surface area contributed by atoms with E-state index in [1.807, 2.05) is 14.1 Å². The predicted molar refractivity (Wildman–Crippen MR) is 77.6 cm³/mol. The van der Waals surface area contributed by atoms with Gasteiger partial charge in [0.05, 0.1) is 5.67 Å². The Labute approximate surface area is 114 Å². The minimum Gasteiger partial charge on any atom is -0.373 e. The van der Waals surface area contributed by atoms with Crippen LogP contribution in [0.2, 0.25) is 0 Å². The van der Waals surface area contributed by atoms with Crippen LogP contribution in [0, 0.1) is 0 Å². The molecule has 0 aromatic heterocycles. The first-order chi connectivity index (χ1) is 8.54. The Kier molecular flexibility index (Phi) is 9.95. The SMILES string of the molecule is CCCO[Si](OCCC)(OCCC)C(C)N(C)C. The van der Waals surface area contributed by atoms with E-state index in [-0.39, 0.29) is 5.67 Å². The van der Waals surface area contributed by atoms with E-state index in [1.54, 1.807) is 0 Å². The molecule has 18 heavy (non-hydrogen) atoms. The van der Waals surface area contributed by atoms with Gasteiger partial charge >= 0.3 is 8.80 Å². The second-order valence-electron chi connectivity index (χ2n) is 4.79. The summed E-state index contributed by atoms with van der Waals surface area (Å²) in [5.41, 5.74) is 0.183. The summed E-state index contributed by atoms with van der Waals surface area (Å²) in [5.74, 6) is 0. The Morgan fingerprint density at radius 3 is 1.39 bits per heavy atom. The summed E-state index contributed by atoms with van der Waals surface area (Å²) in [6, 6.07) is 0. The van der Waals surface area contributed by atoms with Gasteiger partial charge in [0.25, 0.3) is 0 Å². The molecule has 0 aliphatic rings. The summed E-state index contributed by atoms with van der Waals surface area (Å²) in [7, 11) is 1.50. The highest BCUT2D eigenvalue weighted by Gasteiger charge is 2.48. The summed E-state index contributed by atoms with van der Waals surface area (Å²) < 4.78 is 18.2. The molecule has 0 bridgehead atoms. The molecule has 0 fully saturated rings. The fourth-order valence-corrected chi connectivity index (χ4v) is 4.61. The van der Waals surface area contributed by atoms with Crippen molar-refractivity contribution in [3.05, 3.63) is 0 Å². The summed E-state index contributed by atoms with van der Waals surface area (Å²) in [6.07, 6.45) is 2.96. The van der Waals surface area contributed by atoms with E-state index in [9.17, 15) is 0 Å². The van der Waals surface area contributed by atoms with Crippen LogP contribution in [0.1, 0.15) is 47.0 Å². The van der Waals surface area contributed by atoms with Crippen molar-refractivity contribution in [3.63, 3.8) is 0 Å². The van der Waals surface area contributed by atoms with Crippen LogP contribution >= 0.6 is 0 Å². The number of hydrogen-bond acceptors (Lipinski definition) is 4. The average Bonchev–Trinajstić information content (AvgIpc) is 2.37. The van der Waals surface area contributed by atoms with Crippen molar-refractivity contribution in [1.82, 2.24) is 4.90 Å². The van der Waals surface area contributed by atoms with Crippen LogP contribution in [-0.2, 0) is 13.3 Å². The molecule has 5 heteroatoms. The minimum atomic E-state index is -2.60. The second kappa shape index (κ2) is 9.92. The van der Waals surface area contributed by atoms with Gasteiger partial charge in [0.2, 0.25) is 0 Å². The molecule has 0 saturated carbocycles. The van der Waals surface area contributed by atoms with Gasteiger partial charge in [-0.15, -0.1) is 0 Å². The first kappa shape index (κ1) is 18.1. The van der Waals surface area contributed by atoms with Gasteiger partial charge in [-0.05, 0) is 40.3 Å². The third-order valence-electron chi connectivity index (χ3n) is 2.81. The highest BCUT2D eigenvalue weighted by atomic mass is 28.4. The van der Waals surface area contributed by atoms with Crippen molar-refractivity contribution in [2.75, 3.05) is 33.9 Å². The van der Waals surface area contributed by atoms with Gasteiger partial charge in [-0.25, -0.2) is 0 Å². The second-order valence-corrected chi connectivity index (χ2v) is 7.70. The van der Waals surface area contributed by atoms with E-state index in [0.29, 0.717) is 19.8 Å². The Bertz CT molecular complexity index is 181. The van der Waals surface area contributed by atoms with Crippen molar-refractivity contribution >= 4 is 8.80 Å². The fraction of sp³-hybridized carbons (Fsp3) is 1.00. The summed E-state index contributed by atoms with van der Waals surface area (Å²) in [4.78, 5) is 2.13. The molecule has 0 aromatic rings. The largest absolute Gasteiger partial charge is 0.518 e. The Morgan fingerprint density at radius 1 is 0.833 bits per heavy atom. The Balaban J connectivity index is 4.84. The fourth-order valence-electron chi connectivity index (χ4n) is 1.54. The molecule has 0 aromatic carbocycles. The topological polar surface area (TPSA) is 30.9 Å². The summed E-state index contributed by atoms with van der Waals surface area (Å²) in [5, 5.41) is 0. The predicted octanol–water partition coefficient (Wildman–Crippen LogP) is 2.69. The zero-order chi connectivity index (χ0) is 14.0. The van der Waals surface area contributed by atoms with Crippen molar-refractivity contribution < 1.29 is 13.3 Å². The molecule has 4 nitrogen and oxygen atoms in total. The van der Waals surface area contributed by atoms with Crippen LogP contribution in [-0.4, -0.2) is 53.3 Å². The number of nitrogens with zero attached hydrogens (tertiary/aromatic N) is 1. The zero-order valence-corrected chi connectivity index (χ0v) is 14.0. The third kappa shape index (κ3) is 5.80. The van der Waals surface area contributed by atoms with Gasteiger partial charge < -0.3 is 18.2 Å². The van der Waals surface area contributed by atoms with Crippen LogP contribution < -0.4 is 0 Å². The van der Waals surface area contributed by atoms with Crippen molar-refractivity contribution in [2.24, 2.45) is 0 Å². The molecule has 0 aliphatic heterocycles. The Morgan fingerprint density at radius 2 is 1.17 bits per heavy atom. The van der Waals surface area contributed by atoms with Gasteiger partial charge in [-0.1, -0.05) is 20.8 Å². The molecule has 0 N–H and O–H groups in total. The molecule has 0 amide bonds. The molecule has 0 saturated heterocycles. The molecule has 0 aliphatic carbocycles. The molecule has 0 heterocycles. The van der Waals surface area contributed by atoms with Crippen LogP contribution in [0.15, 0.2) is 0 Å². The highest BCUT2D eigenvalue weighted by Crippen LogP contribution is 2.19. The van der Waals surface area contributed by atoms with E-state index >= 15 is 0 Å². The molecular weight excluding hydrogens is 246 g/mol. The van der Waals surface area contributed by atoms with Crippen molar-refractivity contribution in [1.29, 1.82) is 0 Å². The standard InChI is InChI=1S/C13H31NO3Si/c1-7-10-15-18(16-11-8-2,17-12-9-3)13(4)14(5)6/h13H,7-12H2,1-6H3. The maximum absolute atomic E-state index is 6.06. The maximum atomic E-state index is 6.06. The molecule has 110 valence electrons. The number of rotatable bonds is 11. The monoisotopic (exact) mass is 277 g/mol. The zero-order valence-electron chi connectivity index (χ0n) is 13.0. The quantitative estimate of drug-likeness (QED) is 0.543. The highest BCUT2D eigenvalue weighted by molar-refractivity contribution is 6.62. The van der Waals surface area contributed by atoms with E-state index in [4.69, 9.17) is 13.3 Å². The molecule has 0 rings (SSSR count). The van der Waals surface area contributed by atoms with Gasteiger partial charge in [-0.2, -0.15) is 0 Å².